The van der Waals surface area contributed by atoms with Gasteiger partial charge in [0.05, 0.1) is 6.61 Å². The Labute approximate surface area is 178 Å². The molecule has 0 saturated carbocycles. The van der Waals surface area contributed by atoms with Crippen LogP contribution in [0, 0.1) is 0 Å². The van der Waals surface area contributed by atoms with Gasteiger partial charge in [0, 0.05) is 44.7 Å². The summed E-state index contributed by atoms with van der Waals surface area (Å²) in [5.41, 5.74) is 3.30. The molecule has 3 aromatic rings. The second-order valence-corrected chi connectivity index (χ2v) is 7.66. The van der Waals surface area contributed by atoms with Crippen molar-refractivity contribution in [1.82, 2.24) is 9.80 Å². The van der Waals surface area contributed by atoms with Gasteiger partial charge in [-0.15, -0.1) is 0 Å². The van der Waals surface area contributed by atoms with Crippen molar-refractivity contribution in [3.05, 3.63) is 102 Å². The predicted octanol–water partition coefficient (Wildman–Crippen LogP) is 4.27. The summed E-state index contributed by atoms with van der Waals surface area (Å²) >= 11 is 0. The van der Waals surface area contributed by atoms with Crippen LogP contribution in [-0.2, 0) is 13.0 Å². The molecule has 0 atom stereocenters. The number of carbonyl (C=O) groups excluding carboxylic acids is 1. The number of rotatable bonds is 7. The van der Waals surface area contributed by atoms with Crippen molar-refractivity contribution in [2.45, 2.75) is 13.0 Å². The first-order valence-electron chi connectivity index (χ1n) is 10.6. The predicted molar refractivity (Wildman–Crippen MR) is 120 cm³/mol. The molecular weight excluding hydrogens is 372 g/mol. The van der Waals surface area contributed by atoms with Gasteiger partial charge < -0.3 is 9.64 Å². The fourth-order valence-corrected chi connectivity index (χ4v) is 3.76. The molecule has 1 fully saturated rings. The van der Waals surface area contributed by atoms with Crippen LogP contribution in [0.4, 0.5) is 0 Å². The molecule has 1 aliphatic rings. The van der Waals surface area contributed by atoms with Crippen molar-refractivity contribution in [2.24, 2.45) is 0 Å². The first kappa shape index (κ1) is 20.2. The number of hydrogen-bond donors (Lipinski definition) is 0. The molecule has 1 aliphatic heterocycles. The molecule has 30 heavy (non-hydrogen) atoms. The molecule has 154 valence electrons. The Morgan fingerprint density at radius 1 is 0.733 bits per heavy atom. The lowest BCUT2D eigenvalue weighted by Gasteiger charge is -2.34. The zero-order valence-electron chi connectivity index (χ0n) is 17.2. The van der Waals surface area contributed by atoms with Gasteiger partial charge in [-0.2, -0.15) is 0 Å². The molecule has 4 heteroatoms. The molecule has 0 aromatic heterocycles. The first-order chi connectivity index (χ1) is 14.8. The number of piperazine rings is 1. The average Bonchev–Trinajstić information content (AvgIpc) is 2.81. The molecule has 0 spiro atoms. The van der Waals surface area contributed by atoms with E-state index in [0.717, 1.165) is 50.5 Å². The minimum Gasteiger partial charge on any atom is -0.493 e. The lowest BCUT2D eigenvalue weighted by molar-refractivity contribution is 0.0628. The van der Waals surface area contributed by atoms with E-state index in [1.54, 1.807) is 0 Å². The van der Waals surface area contributed by atoms with Crippen LogP contribution >= 0.6 is 0 Å². The quantitative estimate of drug-likeness (QED) is 0.594. The van der Waals surface area contributed by atoms with Crippen molar-refractivity contribution >= 4 is 5.91 Å². The summed E-state index contributed by atoms with van der Waals surface area (Å²) in [6.45, 7) is 4.91. The maximum Gasteiger partial charge on any atom is 0.253 e. The van der Waals surface area contributed by atoms with E-state index >= 15 is 0 Å². The summed E-state index contributed by atoms with van der Waals surface area (Å²) in [5, 5.41) is 0. The van der Waals surface area contributed by atoms with Crippen molar-refractivity contribution in [3.8, 4) is 5.75 Å². The fourth-order valence-electron chi connectivity index (χ4n) is 3.76. The molecule has 0 radical (unpaired) electrons. The van der Waals surface area contributed by atoms with E-state index in [-0.39, 0.29) is 5.91 Å². The van der Waals surface area contributed by atoms with E-state index in [9.17, 15) is 4.79 Å². The molecule has 0 aliphatic carbocycles. The van der Waals surface area contributed by atoms with Crippen LogP contribution in [0.2, 0.25) is 0 Å². The number of amides is 1. The van der Waals surface area contributed by atoms with Crippen molar-refractivity contribution in [2.75, 3.05) is 32.8 Å². The number of benzene rings is 3. The van der Waals surface area contributed by atoms with Crippen LogP contribution in [0.3, 0.4) is 0 Å². The topological polar surface area (TPSA) is 32.8 Å². The number of hydrogen-bond acceptors (Lipinski definition) is 3. The van der Waals surface area contributed by atoms with Gasteiger partial charge in [-0.25, -0.2) is 0 Å². The van der Waals surface area contributed by atoms with Crippen LogP contribution in [0.1, 0.15) is 21.5 Å². The van der Waals surface area contributed by atoms with Crippen LogP contribution < -0.4 is 4.74 Å². The van der Waals surface area contributed by atoms with Gasteiger partial charge >= 0.3 is 0 Å². The maximum atomic E-state index is 12.8. The van der Waals surface area contributed by atoms with E-state index in [2.05, 4.69) is 41.3 Å². The van der Waals surface area contributed by atoms with E-state index in [0.29, 0.717) is 6.61 Å². The summed E-state index contributed by atoms with van der Waals surface area (Å²) in [7, 11) is 0. The summed E-state index contributed by atoms with van der Waals surface area (Å²) in [6, 6.07) is 28.3. The highest BCUT2D eigenvalue weighted by molar-refractivity contribution is 5.94. The summed E-state index contributed by atoms with van der Waals surface area (Å²) < 4.78 is 5.83. The van der Waals surface area contributed by atoms with E-state index in [4.69, 9.17) is 4.74 Å². The lowest BCUT2D eigenvalue weighted by Crippen LogP contribution is -2.48. The van der Waals surface area contributed by atoms with Crippen molar-refractivity contribution in [3.63, 3.8) is 0 Å². The molecule has 1 heterocycles. The van der Waals surface area contributed by atoms with Gasteiger partial charge in [0.25, 0.3) is 5.91 Å². The Hall–Kier alpha value is -3.11. The van der Waals surface area contributed by atoms with Crippen molar-refractivity contribution < 1.29 is 9.53 Å². The van der Waals surface area contributed by atoms with Gasteiger partial charge in [0.15, 0.2) is 0 Å². The minimum absolute atomic E-state index is 0.102. The molecule has 1 saturated heterocycles. The smallest absolute Gasteiger partial charge is 0.253 e. The van der Waals surface area contributed by atoms with E-state index in [1.807, 2.05) is 53.4 Å². The zero-order valence-corrected chi connectivity index (χ0v) is 17.2. The van der Waals surface area contributed by atoms with Gasteiger partial charge in [-0.05, 0) is 35.4 Å². The van der Waals surface area contributed by atoms with Gasteiger partial charge in [-0.3, -0.25) is 9.69 Å². The van der Waals surface area contributed by atoms with Crippen molar-refractivity contribution in [1.29, 1.82) is 0 Å². The Morgan fingerprint density at radius 2 is 1.33 bits per heavy atom. The number of nitrogens with zero attached hydrogens (tertiary/aromatic N) is 2. The largest absolute Gasteiger partial charge is 0.493 e. The molecule has 4 rings (SSSR count). The molecule has 3 aromatic carbocycles. The van der Waals surface area contributed by atoms with Crippen LogP contribution in [-0.4, -0.2) is 48.5 Å². The highest BCUT2D eigenvalue weighted by Gasteiger charge is 2.22. The Kier molecular flexibility index (Phi) is 6.78. The third-order valence-electron chi connectivity index (χ3n) is 5.51. The zero-order chi connectivity index (χ0) is 20.6. The molecule has 0 N–H and O–H groups in total. The lowest BCUT2D eigenvalue weighted by atomic mass is 10.1. The van der Waals surface area contributed by atoms with Crippen LogP contribution in [0.5, 0.6) is 5.75 Å². The first-order valence-corrected chi connectivity index (χ1v) is 10.6. The van der Waals surface area contributed by atoms with Crippen LogP contribution in [0.25, 0.3) is 0 Å². The standard InChI is InChI=1S/C26H28N2O2/c29-26(28-18-16-27(17-19-28)21-23-9-5-2-6-10-23)24-11-13-25(14-12-24)30-20-15-22-7-3-1-4-8-22/h1-14H,15-21H2. The monoisotopic (exact) mass is 400 g/mol. The normalized spacial score (nSPS) is 14.5. The minimum atomic E-state index is 0.102. The second-order valence-electron chi connectivity index (χ2n) is 7.66. The SMILES string of the molecule is O=C(c1ccc(OCCc2ccccc2)cc1)N1CCN(Cc2ccccc2)CC1. The number of ether oxygens (including phenoxy) is 1. The summed E-state index contributed by atoms with van der Waals surface area (Å²) in [4.78, 5) is 17.2. The van der Waals surface area contributed by atoms with Gasteiger partial charge in [0.2, 0.25) is 0 Å². The van der Waals surface area contributed by atoms with Crippen LogP contribution in [0.15, 0.2) is 84.9 Å². The summed E-state index contributed by atoms with van der Waals surface area (Å²) in [5.74, 6) is 0.903. The van der Waals surface area contributed by atoms with E-state index < -0.39 is 0 Å². The number of carbonyl (C=O) groups is 1. The molecular formula is C26H28N2O2. The summed E-state index contributed by atoms with van der Waals surface area (Å²) in [6.07, 6.45) is 0.870. The highest BCUT2D eigenvalue weighted by atomic mass is 16.5. The molecule has 1 amide bonds. The Morgan fingerprint density at radius 3 is 1.97 bits per heavy atom. The van der Waals surface area contributed by atoms with Gasteiger partial charge in [0.1, 0.15) is 5.75 Å². The molecule has 0 bridgehead atoms. The Balaban J connectivity index is 1.24. The fraction of sp³-hybridized carbons (Fsp3) is 0.269. The maximum absolute atomic E-state index is 12.8. The molecule has 0 unspecified atom stereocenters. The highest BCUT2D eigenvalue weighted by Crippen LogP contribution is 2.16. The third kappa shape index (κ3) is 5.49. The molecule has 4 nitrogen and oxygen atoms in total. The van der Waals surface area contributed by atoms with Gasteiger partial charge in [-0.1, -0.05) is 60.7 Å². The Bertz CT molecular complexity index is 918. The third-order valence-corrected chi connectivity index (χ3v) is 5.51. The average molecular weight is 401 g/mol. The second kappa shape index (κ2) is 10.1. The van der Waals surface area contributed by atoms with E-state index in [1.165, 1.54) is 11.1 Å².